The number of rotatable bonds is 7. The number of piperidine rings is 1. The van der Waals surface area contributed by atoms with Crippen molar-refractivity contribution < 1.29 is 13.6 Å². The Balaban J connectivity index is 2.06. The van der Waals surface area contributed by atoms with Gasteiger partial charge < -0.3 is 16.0 Å². The molecule has 6 nitrogen and oxygen atoms in total. The molecule has 0 bridgehead atoms. The number of halogens is 2. The van der Waals surface area contributed by atoms with Crippen LogP contribution in [0.15, 0.2) is 52.7 Å². The molecule has 33 heavy (non-hydrogen) atoms. The molecule has 0 spiro atoms. The number of carbonyl (C=O) groups is 1. The monoisotopic (exact) mass is 475 g/mol. The lowest BCUT2D eigenvalue weighted by Gasteiger charge is -2.32. The third kappa shape index (κ3) is 5.92. The number of alkyl halides is 2. The van der Waals surface area contributed by atoms with E-state index < -0.39 is 17.5 Å². The van der Waals surface area contributed by atoms with Gasteiger partial charge in [0.25, 0.3) is 5.66 Å². The van der Waals surface area contributed by atoms with Crippen LogP contribution in [0.3, 0.4) is 0 Å². The molecule has 0 aromatic heterocycles. The van der Waals surface area contributed by atoms with Gasteiger partial charge in [-0.05, 0) is 37.4 Å². The van der Waals surface area contributed by atoms with Crippen molar-refractivity contribution in [2.45, 2.75) is 45.3 Å². The molecule has 3 rings (SSSR count). The highest BCUT2D eigenvalue weighted by Crippen LogP contribution is 2.42. The largest absolute Gasteiger partial charge is 0.380 e. The second-order valence-electron chi connectivity index (χ2n) is 8.60. The Morgan fingerprint density at radius 3 is 2.73 bits per heavy atom. The van der Waals surface area contributed by atoms with E-state index in [0.717, 1.165) is 25.2 Å². The van der Waals surface area contributed by atoms with E-state index in [9.17, 15) is 13.6 Å². The van der Waals surface area contributed by atoms with Gasteiger partial charge >= 0.3 is 0 Å². The maximum absolute atomic E-state index is 14.6. The molecule has 9 heteroatoms. The maximum Gasteiger partial charge on any atom is 0.266 e. The molecule has 4 unspecified atom stereocenters. The van der Waals surface area contributed by atoms with Gasteiger partial charge in [0, 0.05) is 42.0 Å². The topological polar surface area (TPSA) is 89.4 Å². The van der Waals surface area contributed by atoms with Crippen LogP contribution in [0.5, 0.6) is 0 Å². The molecule has 0 saturated carbocycles. The van der Waals surface area contributed by atoms with E-state index in [1.165, 1.54) is 6.20 Å². The Kier molecular flexibility index (Phi) is 8.14. The number of hydrogen-bond acceptors (Lipinski definition) is 5. The molecule has 4 atom stereocenters. The zero-order valence-corrected chi connectivity index (χ0v) is 20.4. The molecular formula is C24H32F2N5OP. The fourth-order valence-corrected chi connectivity index (χ4v) is 4.46. The van der Waals surface area contributed by atoms with Gasteiger partial charge in [0.15, 0.2) is 0 Å². The Bertz CT molecular complexity index is 999. The molecule has 2 fully saturated rings. The number of anilines is 1. The number of carbonyl (C=O) groups excluding carboxylic acids is 1. The molecule has 0 radical (unpaired) electrons. The van der Waals surface area contributed by atoms with Crippen LogP contribution in [0.25, 0.3) is 0 Å². The second-order valence-corrected chi connectivity index (χ2v) is 9.37. The number of allylic oxidation sites excluding steroid dienone is 2. The molecular weight excluding hydrogens is 443 g/mol. The van der Waals surface area contributed by atoms with Gasteiger partial charge in [0.1, 0.15) is 5.84 Å². The van der Waals surface area contributed by atoms with Gasteiger partial charge in [-0.2, -0.15) is 0 Å². The standard InChI is InChI=1S/C24H32F2N5OP/c1-4-5-10-29-23-21(17(24(25,26)33)11-20(32)31-23)15(3)22(27)16-8-6-7-9-18(16)30-19-13-28-12-14(19)2/h5-10,14,17,19,27-28,30H,4,11-13,33H2,1-3H3,(H,29,31,32)/b10-5+,21-15+,27-22?. The summed E-state index contributed by atoms with van der Waals surface area (Å²) in [7, 11) is 1.55. The first-order chi connectivity index (χ1) is 15.6. The molecule has 1 aromatic carbocycles. The summed E-state index contributed by atoms with van der Waals surface area (Å²) in [5.74, 6) is -1.42. The lowest BCUT2D eigenvalue weighted by atomic mass is 9.84. The van der Waals surface area contributed by atoms with Crippen LogP contribution in [0.1, 0.15) is 39.2 Å². The van der Waals surface area contributed by atoms with E-state index in [2.05, 4.69) is 27.9 Å². The third-order valence-corrected chi connectivity index (χ3v) is 6.50. The fraction of sp³-hybridized carbons (Fsp3) is 0.458. The molecule has 1 amide bonds. The Morgan fingerprint density at radius 1 is 1.36 bits per heavy atom. The number of amidine groups is 1. The fourth-order valence-electron chi connectivity index (χ4n) is 4.17. The van der Waals surface area contributed by atoms with Crippen LogP contribution in [-0.2, 0) is 4.79 Å². The van der Waals surface area contributed by atoms with E-state index in [0.29, 0.717) is 17.1 Å². The predicted octanol–water partition coefficient (Wildman–Crippen LogP) is 4.32. The van der Waals surface area contributed by atoms with E-state index in [1.807, 2.05) is 31.2 Å². The second kappa shape index (κ2) is 10.7. The SMILES string of the molecule is CC/C=C/N=C1\NC(=O)CC(C(F)(F)P)\C1=C(\C)C(=N)c1ccccc1NC1CNCC1C. The highest BCUT2D eigenvalue weighted by molar-refractivity contribution is 7.18. The normalized spacial score (nSPS) is 26.5. The summed E-state index contributed by atoms with van der Waals surface area (Å²) in [5.41, 5.74) is -1.17. The summed E-state index contributed by atoms with van der Waals surface area (Å²) < 4.78 is 29.2. The smallest absolute Gasteiger partial charge is 0.266 e. The summed E-state index contributed by atoms with van der Waals surface area (Å²) in [6.45, 7) is 7.46. The van der Waals surface area contributed by atoms with Crippen molar-refractivity contribution in [3.05, 3.63) is 53.3 Å². The zero-order valence-electron chi connectivity index (χ0n) is 19.2. The van der Waals surface area contributed by atoms with Crippen molar-refractivity contribution in [3.63, 3.8) is 0 Å². The number of amides is 1. The number of nitrogens with one attached hydrogen (secondary N) is 4. The molecule has 2 aliphatic heterocycles. The Labute approximate surface area is 196 Å². The summed E-state index contributed by atoms with van der Waals surface area (Å²) in [6.07, 6.45) is 3.61. The zero-order chi connectivity index (χ0) is 24.2. The van der Waals surface area contributed by atoms with Crippen molar-refractivity contribution >= 4 is 32.4 Å². The average Bonchev–Trinajstić information content (AvgIpc) is 3.16. The van der Waals surface area contributed by atoms with Crippen LogP contribution < -0.4 is 16.0 Å². The molecule has 4 N–H and O–H groups in total. The van der Waals surface area contributed by atoms with Crippen LogP contribution in [0.2, 0.25) is 0 Å². The summed E-state index contributed by atoms with van der Waals surface area (Å²) >= 11 is 0. The van der Waals surface area contributed by atoms with Crippen LogP contribution in [0.4, 0.5) is 14.5 Å². The highest BCUT2D eigenvalue weighted by Gasteiger charge is 2.44. The number of para-hydroxylation sites is 1. The first-order valence-electron chi connectivity index (χ1n) is 11.2. The predicted molar refractivity (Wildman–Crippen MR) is 133 cm³/mol. The molecule has 2 saturated heterocycles. The van der Waals surface area contributed by atoms with Crippen molar-refractivity contribution in [2.24, 2.45) is 16.8 Å². The van der Waals surface area contributed by atoms with Crippen LogP contribution in [0, 0.1) is 17.2 Å². The summed E-state index contributed by atoms with van der Waals surface area (Å²) in [4.78, 5) is 16.5. The summed E-state index contributed by atoms with van der Waals surface area (Å²) in [6, 6.07) is 7.63. The quantitative estimate of drug-likeness (QED) is 0.350. The number of benzene rings is 1. The van der Waals surface area contributed by atoms with Crippen molar-refractivity contribution in [2.75, 3.05) is 18.4 Å². The first-order valence-corrected chi connectivity index (χ1v) is 11.8. The Hall–Kier alpha value is -2.44. The van der Waals surface area contributed by atoms with Crippen molar-refractivity contribution in [3.8, 4) is 0 Å². The minimum atomic E-state index is -3.23. The van der Waals surface area contributed by atoms with Gasteiger partial charge in [0.05, 0.1) is 11.6 Å². The summed E-state index contributed by atoms with van der Waals surface area (Å²) in [5, 5.41) is 18.4. The number of nitrogens with zero attached hydrogens (tertiary/aromatic N) is 1. The van der Waals surface area contributed by atoms with Crippen molar-refractivity contribution in [1.82, 2.24) is 10.6 Å². The number of hydrogen-bond donors (Lipinski definition) is 4. The van der Waals surface area contributed by atoms with E-state index in [1.54, 1.807) is 22.2 Å². The molecule has 2 aliphatic rings. The van der Waals surface area contributed by atoms with Gasteiger partial charge in [-0.1, -0.05) is 47.4 Å². The van der Waals surface area contributed by atoms with Gasteiger partial charge in [-0.25, -0.2) is 13.8 Å². The number of aliphatic imine (C=N–C) groups is 1. The molecule has 1 aromatic rings. The average molecular weight is 476 g/mol. The van der Waals surface area contributed by atoms with Gasteiger partial charge in [0.2, 0.25) is 5.91 Å². The molecule has 0 aliphatic carbocycles. The van der Waals surface area contributed by atoms with Gasteiger partial charge in [-0.15, -0.1) is 0 Å². The maximum atomic E-state index is 14.6. The van der Waals surface area contributed by atoms with Crippen LogP contribution in [-0.4, -0.2) is 42.2 Å². The molecule has 178 valence electrons. The van der Waals surface area contributed by atoms with Gasteiger partial charge in [-0.3, -0.25) is 10.2 Å². The van der Waals surface area contributed by atoms with E-state index in [4.69, 9.17) is 5.41 Å². The lowest BCUT2D eigenvalue weighted by molar-refractivity contribution is -0.122. The van der Waals surface area contributed by atoms with Crippen molar-refractivity contribution in [1.29, 1.82) is 5.41 Å². The highest BCUT2D eigenvalue weighted by atomic mass is 31.0. The van der Waals surface area contributed by atoms with Crippen LogP contribution >= 0.6 is 9.24 Å². The first kappa shape index (κ1) is 25.2. The minimum absolute atomic E-state index is 0.0735. The minimum Gasteiger partial charge on any atom is -0.380 e. The third-order valence-electron chi connectivity index (χ3n) is 6.09. The van der Waals surface area contributed by atoms with E-state index in [-0.39, 0.29) is 29.6 Å². The lowest BCUT2D eigenvalue weighted by Crippen LogP contribution is -2.46. The molecule has 2 heterocycles. The van der Waals surface area contributed by atoms with E-state index >= 15 is 0 Å². The Morgan fingerprint density at radius 2 is 2.09 bits per heavy atom.